The van der Waals surface area contributed by atoms with E-state index in [2.05, 4.69) is 0 Å². The van der Waals surface area contributed by atoms with Gasteiger partial charge in [-0.1, -0.05) is 25.4 Å². The number of furan rings is 1. The smallest absolute Gasteiger partial charge is 0.297 e. The van der Waals surface area contributed by atoms with Crippen molar-refractivity contribution in [2.75, 3.05) is 10.8 Å². The fourth-order valence-electron chi connectivity index (χ4n) is 2.12. The minimum Gasteiger partial charge on any atom is -0.448 e. The molecule has 0 spiro atoms. The number of aryl methyl sites for hydroxylation is 2. The van der Waals surface area contributed by atoms with Crippen LogP contribution in [0.5, 0.6) is 0 Å². The third kappa shape index (κ3) is 3.47. The highest BCUT2D eigenvalue weighted by atomic mass is 35.5. The minimum atomic E-state index is -3.73. The van der Waals surface area contributed by atoms with Crippen molar-refractivity contribution in [3.05, 3.63) is 46.7 Å². The molecule has 22 heavy (non-hydrogen) atoms. The van der Waals surface area contributed by atoms with Gasteiger partial charge in [-0.05, 0) is 55.7 Å². The second kappa shape index (κ2) is 6.34. The second-order valence-corrected chi connectivity index (χ2v) is 7.93. The molecule has 0 amide bonds. The predicted octanol–water partition coefficient (Wildman–Crippen LogP) is 4.40. The maximum Gasteiger partial charge on any atom is 0.297 e. The van der Waals surface area contributed by atoms with Crippen LogP contribution < -0.4 is 4.31 Å². The van der Waals surface area contributed by atoms with Crippen LogP contribution >= 0.6 is 11.6 Å². The number of hydrogen-bond acceptors (Lipinski definition) is 3. The molecular formula is C16H20ClNO3S. The van der Waals surface area contributed by atoms with Gasteiger partial charge in [-0.25, -0.2) is 0 Å². The van der Waals surface area contributed by atoms with E-state index in [9.17, 15) is 8.42 Å². The van der Waals surface area contributed by atoms with Crippen LogP contribution in [0.3, 0.4) is 0 Å². The maximum atomic E-state index is 12.9. The van der Waals surface area contributed by atoms with Gasteiger partial charge in [0.2, 0.25) is 5.09 Å². The van der Waals surface area contributed by atoms with Crippen molar-refractivity contribution in [3.63, 3.8) is 0 Å². The summed E-state index contributed by atoms with van der Waals surface area (Å²) in [6.07, 6.45) is 0. The number of hydrogen-bond donors (Lipinski definition) is 0. The molecule has 0 fully saturated rings. The lowest BCUT2D eigenvalue weighted by Crippen LogP contribution is -2.34. The van der Waals surface area contributed by atoms with Crippen molar-refractivity contribution >= 4 is 27.3 Å². The lowest BCUT2D eigenvalue weighted by Gasteiger charge is -2.25. The molecule has 0 aliphatic carbocycles. The molecule has 2 aromatic rings. The van der Waals surface area contributed by atoms with Crippen molar-refractivity contribution < 1.29 is 12.8 Å². The van der Waals surface area contributed by atoms with E-state index in [0.717, 1.165) is 5.56 Å². The highest BCUT2D eigenvalue weighted by Gasteiger charge is 2.28. The number of anilines is 1. The second-order valence-electron chi connectivity index (χ2n) is 5.73. The maximum absolute atomic E-state index is 12.9. The first-order valence-corrected chi connectivity index (χ1v) is 8.89. The van der Waals surface area contributed by atoms with Crippen LogP contribution in [-0.4, -0.2) is 15.0 Å². The van der Waals surface area contributed by atoms with Gasteiger partial charge in [-0.15, -0.1) is 0 Å². The first-order valence-electron chi connectivity index (χ1n) is 7.07. The van der Waals surface area contributed by atoms with E-state index in [-0.39, 0.29) is 11.0 Å². The number of rotatable bonds is 5. The first kappa shape index (κ1) is 16.9. The molecule has 4 nitrogen and oxygen atoms in total. The van der Waals surface area contributed by atoms with Gasteiger partial charge in [0, 0.05) is 11.6 Å². The molecule has 0 N–H and O–H groups in total. The van der Waals surface area contributed by atoms with Crippen LogP contribution in [0.4, 0.5) is 5.69 Å². The Morgan fingerprint density at radius 2 is 1.86 bits per heavy atom. The Balaban J connectivity index is 2.52. The van der Waals surface area contributed by atoms with Crippen molar-refractivity contribution in [1.29, 1.82) is 0 Å². The number of benzene rings is 1. The summed E-state index contributed by atoms with van der Waals surface area (Å²) in [5.41, 5.74) is 1.42. The molecule has 1 heterocycles. The molecule has 0 saturated heterocycles. The summed E-state index contributed by atoms with van der Waals surface area (Å²) >= 11 is 6.04. The SMILES string of the molecule is Cc1ccc(S(=O)(=O)N(CC(C)C)c2ccc(Cl)c(C)c2)o1. The summed E-state index contributed by atoms with van der Waals surface area (Å²) in [6, 6.07) is 8.33. The van der Waals surface area contributed by atoms with E-state index in [4.69, 9.17) is 16.0 Å². The molecule has 1 aromatic heterocycles. The molecule has 6 heteroatoms. The van der Waals surface area contributed by atoms with Crippen LogP contribution in [0.15, 0.2) is 39.8 Å². The first-order chi connectivity index (χ1) is 10.2. The van der Waals surface area contributed by atoms with Crippen LogP contribution in [0.25, 0.3) is 0 Å². The Morgan fingerprint density at radius 1 is 1.18 bits per heavy atom. The summed E-state index contributed by atoms with van der Waals surface area (Å²) < 4.78 is 32.5. The molecule has 2 rings (SSSR count). The summed E-state index contributed by atoms with van der Waals surface area (Å²) in [4.78, 5) is 0. The largest absolute Gasteiger partial charge is 0.448 e. The van der Waals surface area contributed by atoms with E-state index in [1.807, 2.05) is 20.8 Å². The molecule has 0 radical (unpaired) electrons. The van der Waals surface area contributed by atoms with Gasteiger partial charge in [0.25, 0.3) is 10.0 Å². The van der Waals surface area contributed by atoms with Gasteiger partial charge >= 0.3 is 0 Å². The zero-order chi connectivity index (χ0) is 16.5. The summed E-state index contributed by atoms with van der Waals surface area (Å²) in [5, 5.41) is 0.567. The summed E-state index contributed by atoms with van der Waals surface area (Å²) in [5.74, 6) is 0.733. The van der Waals surface area contributed by atoms with Gasteiger partial charge in [0.15, 0.2) is 0 Å². The van der Waals surface area contributed by atoms with Crippen molar-refractivity contribution in [3.8, 4) is 0 Å². The highest BCUT2D eigenvalue weighted by molar-refractivity contribution is 7.92. The van der Waals surface area contributed by atoms with Gasteiger partial charge in [0.1, 0.15) is 5.76 Å². The van der Waals surface area contributed by atoms with Crippen molar-refractivity contribution in [2.24, 2.45) is 5.92 Å². The van der Waals surface area contributed by atoms with Gasteiger partial charge < -0.3 is 4.42 Å². The fraction of sp³-hybridized carbons (Fsp3) is 0.375. The van der Waals surface area contributed by atoms with E-state index in [1.54, 1.807) is 31.2 Å². The lowest BCUT2D eigenvalue weighted by atomic mass is 10.2. The summed E-state index contributed by atoms with van der Waals surface area (Å²) in [6.45, 7) is 7.88. The van der Waals surface area contributed by atoms with Gasteiger partial charge in [-0.3, -0.25) is 4.31 Å². The standard InChI is InChI=1S/C16H20ClNO3S/c1-11(2)10-18(14-6-7-15(17)12(3)9-14)22(19,20)16-8-5-13(4)21-16/h5-9,11H,10H2,1-4H3. The Bertz CT molecular complexity index is 765. The highest BCUT2D eigenvalue weighted by Crippen LogP contribution is 2.29. The van der Waals surface area contributed by atoms with E-state index in [1.165, 1.54) is 10.4 Å². The average Bonchev–Trinajstić information content (AvgIpc) is 2.86. The van der Waals surface area contributed by atoms with E-state index in [0.29, 0.717) is 23.0 Å². The predicted molar refractivity (Wildman–Crippen MR) is 89.0 cm³/mol. The lowest BCUT2D eigenvalue weighted by molar-refractivity contribution is 0.426. The van der Waals surface area contributed by atoms with Gasteiger partial charge in [-0.2, -0.15) is 8.42 Å². The third-order valence-corrected chi connectivity index (χ3v) is 5.31. The molecule has 1 aromatic carbocycles. The Morgan fingerprint density at radius 3 is 2.36 bits per heavy atom. The topological polar surface area (TPSA) is 50.5 Å². The number of nitrogens with zero attached hydrogens (tertiary/aromatic N) is 1. The molecule has 0 bridgehead atoms. The molecule has 0 atom stereocenters. The van der Waals surface area contributed by atoms with E-state index >= 15 is 0 Å². The van der Waals surface area contributed by atoms with Crippen LogP contribution in [0.1, 0.15) is 25.2 Å². The fourth-order valence-corrected chi connectivity index (χ4v) is 3.81. The number of halogens is 1. The third-order valence-electron chi connectivity index (χ3n) is 3.22. The molecule has 0 aliphatic rings. The van der Waals surface area contributed by atoms with Crippen LogP contribution in [-0.2, 0) is 10.0 Å². The van der Waals surface area contributed by atoms with Crippen molar-refractivity contribution in [2.45, 2.75) is 32.8 Å². The zero-order valence-electron chi connectivity index (χ0n) is 13.1. The van der Waals surface area contributed by atoms with E-state index < -0.39 is 10.0 Å². The molecule has 0 unspecified atom stereocenters. The Hall–Kier alpha value is -1.46. The van der Waals surface area contributed by atoms with Crippen LogP contribution in [0, 0.1) is 19.8 Å². The number of sulfonamides is 1. The molecule has 120 valence electrons. The zero-order valence-corrected chi connectivity index (χ0v) is 14.7. The van der Waals surface area contributed by atoms with Crippen LogP contribution in [0.2, 0.25) is 5.02 Å². The summed E-state index contributed by atoms with van der Waals surface area (Å²) in [7, 11) is -3.73. The van der Waals surface area contributed by atoms with Crippen molar-refractivity contribution in [1.82, 2.24) is 0 Å². The minimum absolute atomic E-state index is 0.0433. The Labute approximate surface area is 136 Å². The quantitative estimate of drug-likeness (QED) is 0.809. The molecular weight excluding hydrogens is 322 g/mol. The molecule has 0 aliphatic heterocycles. The Kier molecular flexibility index (Phi) is 4.87. The normalized spacial score (nSPS) is 11.9. The molecule has 0 saturated carbocycles. The monoisotopic (exact) mass is 341 g/mol. The average molecular weight is 342 g/mol. The van der Waals surface area contributed by atoms with Gasteiger partial charge in [0.05, 0.1) is 5.69 Å².